The summed E-state index contributed by atoms with van der Waals surface area (Å²) in [5.74, 6) is 0.656. The lowest BCUT2D eigenvalue weighted by atomic mass is 10.2. The molecule has 1 rings (SSSR count). The van der Waals surface area contributed by atoms with Crippen LogP contribution in [-0.4, -0.2) is 17.2 Å². The fourth-order valence-corrected chi connectivity index (χ4v) is 2.08. The molecule has 0 aliphatic heterocycles. The maximum Gasteiger partial charge on any atom is 0.186 e. The summed E-state index contributed by atoms with van der Waals surface area (Å²) in [5.41, 5.74) is 1.63. The van der Waals surface area contributed by atoms with Gasteiger partial charge < -0.3 is 0 Å². The maximum absolute atomic E-state index is 10.6. The van der Waals surface area contributed by atoms with Crippen LogP contribution in [0.4, 0.5) is 0 Å². The van der Waals surface area contributed by atoms with Gasteiger partial charge in [0.1, 0.15) is 0 Å². The van der Waals surface area contributed by atoms with Gasteiger partial charge in [-0.05, 0) is 10.9 Å². The van der Waals surface area contributed by atoms with Crippen LogP contribution in [0.25, 0.3) is 6.08 Å². The molecule has 0 N–H and O–H groups in total. The highest BCUT2D eigenvalue weighted by Crippen LogP contribution is 2.15. The number of carbonyl (C=O) groups excluding carboxylic acids is 2. The zero-order chi connectivity index (χ0) is 10.4. The molecule has 2 nitrogen and oxygen atoms in total. The van der Waals surface area contributed by atoms with E-state index in [4.69, 9.17) is 0 Å². The van der Waals surface area contributed by atoms with Crippen LogP contribution in [0.5, 0.6) is 0 Å². The highest BCUT2D eigenvalue weighted by Gasteiger charge is 1.97. The zero-order valence-corrected chi connectivity index (χ0v) is 9.36. The molecule has 0 aliphatic carbocycles. The molecule has 0 amide bonds. The summed E-state index contributed by atoms with van der Waals surface area (Å²) in [4.78, 5) is 21.1. The van der Waals surface area contributed by atoms with Crippen LogP contribution in [-0.2, 0) is 4.79 Å². The van der Waals surface area contributed by atoms with Gasteiger partial charge in [-0.3, -0.25) is 9.59 Å². The summed E-state index contributed by atoms with van der Waals surface area (Å²) < 4.78 is 0. The van der Waals surface area contributed by atoms with Crippen molar-refractivity contribution in [2.75, 3.05) is 5.75 Å². The second kappa shape index (κ2) is 5.78. The fraction of sp³-hybridized carbons (Fsp3) is 0.200. The smallest absolute Gasteiger partial charge is 0.186 e. The molecule has 0 atom stereocenters. The first-order valence-electron chi connectivity index (χ1n) is 4.05. The van der Waals surface area contributed by atoms with E-state index in [1.807, 2.05) is 22.9 Å². The van der Waals surface area contributed by atoms with Crippen LogP contribution in [0.15, 0.2) is 16.8 Å². The second-order valence-electron chi connectivity index (χ2n) is 2.61. The molecule has 74 valence electrons. The Morgan fingerprint density at radius 1 is 1.50 bits per heavy atom. The average Bonchev–Trinajstić information content (AvgIpc) is 2.59. The molecule has 0 saturated carbocycles. The lowest BCUT2D eigenvalue weighted by Gasteiger charge is -1.89. The number of aldehydes is 1. The monoisotopic (exact) mass is 226 g/mol. The second-order valence-corrected chi connectivity index (χ2v) is 4.55. The summed E-state index contributed by atoms with van der Waals surface area (Å²) in [6.07, 6.45) is 4.60. The Hall–Kier alpha value is -0.870. The van der Waals surface area contributed by atoms with E-state index in [0.717, 1.165) is 11.8 Å². The molecule has 0 fully saturated rings. The minimum absolute atomic E-state index is 0.107. The summed E-state index contributed by atoms with van der Waals surface area (Å²) >= 11 is 2.75. The third kappa shape index (κ3) is 3.47. The van der Waals surface area contributed by atoms with Crippen molar-refractivity contribution in [3.8, 4) is 0 Å². The lowest BCUT2D eigenvalue weighted by Crippen LogP contribution is -1.82. The van der Waals surface area contributed by atoms with Crippen molar-refractivity contribution >= 4 is 40.6 Å². The molecule has 0 bridgehead atoms. The third-order valence-electron chi connectivity index (χ3n) is 1.53. The first kappa shape index (κ1) is 11.2. The number of hydrogen-bond donors (Lipinski definition) is 0. The maximum atomic E-state index is 10.6. The number of hydrogen-bond acceptors (Lipinski definition) is 4. The summed E-state index contributed by atoms with van der Waals surface area (Å²) in [7, 11) is 0. The van der Waals surface area contributed by atoms with Crippen LogP contribution in [0.1, 0.15) is 22.8 Å². The molecule has 14 heavy (non-hydrogen) atoms. The van der Waals surface area contributed by atoms with E-state index in [1.54, 1.807) is 6.92 Å². The van der Waals surface area contributed by atoms with Gasteiger partial charge >= 0.3 is 0 Å². The zero-order valence-electron chi connectivity index (χ0n) is 7.73. The summed E-state index contributed by atoms with van der Waals surface area (Å²) in [6, 6.07) is 0. The minimum Gasteiger partial charge on any atom is -0.298 e. The Kier molecular flexibility index (Phi) is 4.62. The first-order chi connectivity index (χ1) is 6.74. The van der Waals surface area contributed by atoms with Crippen molar-refractivity contribution in [3.63, 3.8) is 0 Å². The third-order valence-corrected chi connectivity index (χ3v) is 3.08. The van der Waals surface area contributed by atoms with Gasteiger partial charge in [-0.15, -0.1) is 0 Å². The molecule has 1 heterocycles. The predicted molar refractivity (Wildman–Crippen MR) is 61.9 cm³/mol. The predicted octanol–water partition coefficient (Wildman–Crippen LogP) is 2.85. The molecule has 1 aromatic heterocycles. The van der Waals surface area contributed by atoms with E-state index in [9.17, 15) is 9.59 Å². The van der Waals surface area contributed by atoms with E-state index in [-0.39, 0.29) is 5.12 Å². The lowest BCUT2D eigenvalue weighted by molar-refractivity contribution is -0.109. The Balaban J connectivity index is 2.51. The summed E-state index contributed by atoms with van der Waals surface area (Å²) in [6.45, 7) is 1.54. The van der Waals surface area contributed by atoms with Crippen LogP contribution in [0.3, 0.4) is 0 Å². The van der Waals surface area contributed by atoms with E-state index in [0.29, 0.717) is 11.3 Å². The van der Waals surface area contributed by atoms with Gasteiger partial charge in [-0.2, -0.15) is 11.3 Å². The van der Waals surface area contributed by atoms with E-state index >= 15 is 0 Å². The molecule has 0 aliphatic rings. The fourth-order valence-electron chi connectivity index (χ4n) is 0.889. The average molecular weight is 226 g/mol. The van der Waals surface area contributed by atoms with Gasteiger partial charge in [-0.25, -0.2) is 0 Å². The Morgan fingerprint density at radius 3 is 2.86 bits per heavy atom. The Bertz CT molecular complexity index is 353. The molecule has 1 aromatic rings. The van der Waals surface area contributed by atoms with Crippen molar-refractivity contribution in [2.24, 2.45) is 0 Å². The molecule has 0 radical (unpaired) electrons. The van der Waals surface area contributed by atoms with Crippen molar-refractivity contribution in [1.82, 2.24) is 0 Å². The van der Waals surface area contributed by atoms with Crippen molar-refractivity contribution in [3.05, 3.63) is 28.0 Å². The van der Waals surface area contributed by atoms with Gasteiger partial charge in [0, 0.05) is 23.6 Å². The molecule has 0 aromatic carbocycles. The van der Waals surface area contributed by atoms with Gasteiger partial charge in [0.15, 0.2) is 11.4 Å². The highest BCUT2D eigenvalue weighted by atomic mass is 32.2. The van der Waals surface area contributed by atoms with Gasteiger partial charge in [0.05, 0.1) is 0 Å². The van der Waals surface area contributed by atoms with E-state index in [1.165, 1.54) is 23.1 Å². The SMILES string of the molecule is CC(=O)SCC=Cc1cscc1C=O. The van der Waals surface area contributed by atoms with Crippen LogP contribution in [0, 0.1) is 0 Å². The minimum atomic E-state index is 0.107. The quantitative estimate of drug-likeness (QED) is 0.740. The normalized spacial score (nSPS) is 10.6. The topological polar surface area (TPSA) is 34.1 Å². The van der Waals surface area contributed by atoms with Crippen LogP contribution in [0.2, 0.25) is 0 Å². The molecule has 4 heteroatoms. The standard InChI is InChI=1S/C10H10O2S2/c1-8(12)14-4-2-3-9-6-13-7-10(9)5-11/h2-3,5-7H,4H2,1H3. The molecule has 0 unspecified atom stereocenters. The Labute approximate surface area is 91.0 Å². The molecule has 0 saturated heterocycles. The van der Waals surface area contributed by atoms with Gasteiger partial charge in [0.25, 0.3) is 0 Å². The highest BCUT2D eigenvalue weighted by molar-refractivity contribution is 8.13. The number of rotatable bonds is 4. The largest absolute Gasteiger partial charge is 0.298 e. The van der Waals surface area contributed by atoms with Crippen molar-refractivity contribution in [1.29, 1.82) is 0 Å². The molecular formula is C10H10O2S2. The van der Waals surface area contributed by atoms with E-state index in [2.05, 4.69) is 0 Å². The van der Waals surface area contributed by atoms with Crippen molar-refractivity contribution < 1.29 is 9.59 Å². The number of thiophene rings is 1. The summed E-state index contributed by atoms with van der Waals surface area (Å²) in [5, 5.41) is 3.83. The number of carbonyl (C=O) groups is 2. The van der Waals surface area contributed by atoms with Crippen LogP contribution >= 0.6 is 23.1 Å². The molecular weight excluding hydrogens is 216 g/mol. The molecule has 0 spiro atoms. The van der Waals surface area contributed by atoms with Gasteiger partial charge in [0.2, 0.25) is 0 Å². The van der Waals surface area contributed by atoms with E-state index < -0.39 is 0 Å². The Morgan fingerprint density at radius 2 is 2.21 bits per heavy atom. The number of thioether (sulfide) groups is 1. The first-order valence-corrected chi connectivity index (χ1v) is 5.98. The van der Waals surface area contributed by atoms with Crippen LogP contribution < -0.4 is 0 Å². The van der Waals surface area contributed by atoms with Gasteiger partial charge in [-0.1, -0.05) is 23.9 Å². The van der Waals surface area contributed by atoms with Crippen molar-refractivity contribution in [2.45, 2.75) is 6.92 Å².